The topological polar surface area (TPSA) is 52.0 Å². The van der Waals surface area contributed by atoms with Gasteiger partial charge < -0.3 is 11.5 Å². The molecule has 0 rings (SSSR count). The van der Waals surface area contributed by atoms with Gasteiger partial charge in [0.1, 0.15) is 0 Å². The molecule has 6 heavy (non-hydrogen) atoms. The second-order valence-corrected chi connectivity index (χ2v) is 1.59. The number of rotatable bonds is 1. The van der Waals surface area contributed by atoms with E-state index in [0.717, 1.165) is 0 Å². The molecule has 0 amide bonds. The van der Waals surface area contributed by atoms with Gasteiger partial charge >= 0.3 is 0 Å². The van der Waals surface area contributed by atoms with E-state index in [1.807, 2.05) is 6.92 Å². The van der Waals surface area contributed by atoms with Gasteiger partial charge in [-0.15, -0.1) is 0 Å². The lowest BCUT2D eigenvalue weighted by molar-refractivity contribution is 0.530. The average molecular weight is 87.1 g/mol. The van der Waals surface area contributed by atoms with E-state index in [1.165, 1.54) is 0 Å². The van der Waals surface area contributed by atoms with Crippen molar-refractivity contribution >= 4 is 0 Å². The van der Waals surface area contributed by atoms with Gasteiger partial charge in [-0.05, 0) is 13.3 Å². The maximum Gasteiger partial charge on any atom is 0.0635 e. The molecule has 0 saturated carbocycles. The van der Waals surface area contributed by atoms with Gasteiger partial charge in [0.2, 0.25) is 0 Å². The van der Waals surface area contributed by atoms with Gasteiger partial charge in [0.05, 0.1) is 5.66 Å². The van der Waals surface area contributed by atoms with Crippen LogP contribution >= 0.6 is 0 Å². The first-order valence-electron chi connectivity index (χ1n) is 1.99. The maximum absolute atomic E-state index is 5.20. The Balaban J connectivity index is 3.17. The number of hydrogen-bond donors (Lipinski definition) is 2. The van der Waals surface area contributed by atoms with Crippen molar-refractivity contribution in [3.05, 3.63) is 6.92 Å². The van der Waals surface area contributed by atoms with Gasteiger partial charge in [0, 0.05) is 0 Å². The molecule has 0 atom stereocenters. The minimum atomic E-state index is -0.708. The van der Waals surface area contributed by atoms with Gasteiger partial charge in [0.15, 0.2) is 0 Å². The molecule has 0 spiro atoms. The lowest BCUT2D eigenvalue weighted by Crippen LogP contribution is -2.45. The summed E-state index contributed by atoms with van der Waals surface area (Å²) in [5, 5.41) is 0. The zero-order valence-electron chi connectivity index (χ0n) is 4.07. The van der Waals surface area contributed by atoms with Crippen LogP contribution in [0.25, 0.3) is 0 Å². The molecule has 37 valence electrons. The summed E-state index contributed by atoms with van der Waals surface area (Å²) in [6, 6.07) is 0. The normalized spacial score (nSPS) is 12.0. The first-order chi connectivity index (χ1) is 2.56. The highest BCUT2D eigenvalue weighted by Crippen LogP contribution is 1.89. The Morgan fingerprint density at radius 3 is 1.83 bits per heavy atom. The summed E-state index contributed by atoms with van der Waals surface area (Å²) in [7, 11) is 0. The minimum absolute atomic E-state index is 0.708. The van der Waals surface area contributed by atoms with E-state index < -0.39 is 5.66 Å². The zero-order valence-corrected chi connectivity index (χ0v) is 4.07. The quantitative estimate of drug-likeness (QED) is 0.437. The fourth-order valence-electron chi connectivity index (χ4n) is 0. The van der Waals surface area contributed by atoms with Crippen LogP contribution in [0.3, 0.4) is 0 Å². The summed E-state index contributed by atoms with van der Waals surface area (Å²) in [4.78, 5) is 0. The van der Waals surface area contributed by atoms with Crippen LogP contribution in [0.5, 0.6) is 0 Å². The van der Waals surface area contributed by atoms with E-state index in [4.69, 9.17) is 11.5 Å². The van der Waals surface area contributed by atoms with Crippen LogP contribution < -0.4 is 11.5 Å². The molecule has 0 fully saturated rings. The van der Waals surface area contributed by atoms with Crippen molar-refractivity contribution in [2.75, 3.05) is 0 Å². The molecule has 0 aromatic heterocycles. The van der Waals surface area contributed by atoms with Gasteiger partial charge in [-0.2, -0.15) is 0 Å². The Hall–Kier alpha value is -0.0800. The second-order valence-electron chi connectivity index (χ2n) is 1.59. The van der Waals surface area contributed by atoms with E-state index >= 15 is 0 Å². The van der Waals surface area contributed by atoms with Gasteiger partial charge in [0.25, 0.3) is 0 Å². The predicted molar refractivity (Wildman–Crippen MR) is 26.8 cm³/mol. The lowest BCUT2D eigenvalue weighted by Gasteiger charge is -2.13. The van der Waals surface area contributed by atoms with Crippen LogP contribution in [0.15, 0.2) is 0 Å². The van der Waals surface area contributed by atoms with Crippen LogP contribution in [0.2, 0.25) is 0 Å². The Morgan fingerprint density at radius 1 is 1.67 bits per heavy atom. The van der Waals surface area contributed by atoms with Gasteiger partial charge in [-0.3, -0.25) is 0 Å². The van der Waals surface area contributed by atoms with Crippen LogP contribution in [0.4, 0.5) is 0 Å². The van der Waals surface area contributed by atoms with Gasteiger partial charge in [-0.1, -0.05) is 6.92 Å². The smallest absolute Gasteiger partial charge is 0.0635 e. The van der Waals surface area contributed by atoms with Crippen LogP contribution in [-0.2, 0) is 0 Å². The van der Waals surface area contributed by atoms with Crippen molar-refractivity contribution in [2.45, 2.75) is 19.0 Å². The molecule has 4 N–H and O–H groups in total. The van der Waals surface area contributed by atoms with Crippen molar-refractivity contribution in [3.63, 3.8) is 0 Å². The molecule has 0 aliphatic rings. The third-order valence-electron chi connectivity index (χ3n) is 0.658. The second kappa shape index (κ2) is 1.58. The summed E-state index contributed by atoms with van der Waals surface area (Å²) in [6.45, 7) is 5.34. The summed E-state index contributed by atoms with van der Waals surface area (Å²) in [6.07, 6.45) is 0.715. The van der Waals surface area contributed by atoms with Crippen molar-refractivity contribution in [2.24, 2.45) is 11.5 Å². The Labute approximate surface area is 38.5 Å². The third-order valence-corrected chi connectivity index (χ3v) is 0.658. The molecule has 2 nitrogen and oxygen atoms in total. The standard InChI is InChI=1S/C4H11N2/c1-3-4(2,5)6/h2-3,5-6H2,1H3. The highest BCUT2D eigenvalue weighted by molar-refractivity contribution is 4.75. The van der Waals surface area contributed by atoms with E-state index in [2.05, 4.69) is 6.92 Å². The largest absolute Gasteiger partial charge is 0.314 e. The summed E-state index contributed by atoms with van der Waals surface area (Å²) in [5.74, 6) is 0. The molecular weight excluding hydrogens is 76.1 g/mol. The zero-order chi connectivity index (χ0) is 5.21. The fourth-order valence-corrected chi connectivity index (χ4v) is 0. The molecule has 1 radical (unpaired) electrons. The average Bonchev–Trinajstić information content (AvgIpc) is 1.35. The molecule has 0 aliphatic heterocycles. The lowest BCUT2D eigenvalue weighted by atomic mass is 10.2. The maximum atomic E-state index is 5.20. The number of nitrogens with two attached hydrogens (primary N) is 2. The van der Waals surface area contributed by atoms with Crippen LogP contribution in [0.1, 0.15) is 13.3 Å². The summed E-state index contributed by atoms with van der Waals surface area (Å²) < 4.78 is 0. The van der Waals surface area contributed by atoms with Gasteiger partial charge in [-0.25, -0.2) is 0 Å². The molecule has 0 aromatic carbocycles. The molecule has 0 saturated heterocycles. The first kappa shape index (κ1) is 5.92. The third kappa shape index (κ3) is 3.92. The molecule has 0 bridgehead atoms. The van der Waals surface area contributed by atoms with E-state index in [1.54, 1.807) is 0 Å². The first-order valence-corrected chi connectivity index (χ1v) is 1.99. The molecule has 2 heteroatoms. The molecule has 0 aliphatic carbocycles. The molecule has 0 unspecified atom stereocenters. The van der Waals surface area contributed by atoms with E-state index in [-0.39, 0.29) is 0 Å². The van der Waals surface area contributed by atoms with Crippen LogP contribution in [-0.4, -0.2) is 5.66 Å². The van der Waals surface area contributed by atoms with E-state index in [9.17, 15) is 0 Å². The highest BCUT2D eigenvalue weighted by atomic mass is 14.9. The molecule has 0 heterocycles. The van der Waals surface area contributed by atoms with E-state index in [0.29, 0.717) is 6.42 Å². The Bertz CT molecular complexity index is 35.3. The van der Waals surface area contributed by atoms with Crippen molar-refractivity contribution in [1.29, 1.82) is 0 Å². The summed E-state index contributed by atoms with van der Waals surface area (Å²) >= 11 is 0. The Morgan fingerprint density at radius 2 is 1.83 bits per heavy atom. The fraction of sp³-hybridized carbons (Fsp3) is 0.750. The van der Waals surface area contributed by atoms with Crippen LogP contribution in [0, 0.1) is 6.92 Å². The minimum Gasteiger partial charge on any atom is -0.314 e. The van der Waals surface area contributed by atoms with Crippen molar-refractivity contribution < 1.29 is 0 Å². The predicted octanol–water partition coefficient (Wildman–Crippen LogP) is -0.156. The van der Waals surface area contributed by atoms with Crippen molar-refractivity contribution in [1.82, 2.24) is 0 Å². The SMILES string of the molecule is [CH2]C(N)(N)CC. The summed E-state index contributed by atoms with van der Waals surface area (Å²) in [5.41, 5.74) is 9.69. The molecule has 0 aromatic rings. The van der Waals surface area contributed by atoms with Crippen molar-refractivity contribution in [3.8, 4) is 0 Å². The molecular formula is C4H11N2. The highest BCUT2D eigenvalue weighted by Gasteiger charge is 2.04. The monoisotopic (exact) mass is 87.1 g/mol. The Kier molecular flexibility index (Phi) is 1.56. The number of hydrogen-bond acceptors (Lipinski definition) is 2.